The van der Waals surface area contributed by atoms with Crippen LogP contribution in [0.25, 0.3) is 0 Å². The van der Waals surface area contributed by atoms with Crippen LogP contribution in [0.15, 0.2) is 18.2 Å². The van der Waals surface area contributed by atoms with Crippen molar-refractivity contribution in [3.8, 4) is 5.75 Å². The Balaban J connectivity index is 3.13. The average molecular weight is 190 g/mol. The lowest BCUT2D eigenvalue weighted by Crippen LogP contribution is -2.05. The van der Waals surface area contributed by atoms with Gasteiger partial charge in [0.25, 0.3) is 0 Å². The van der Waals surface area contributed by atoms with E-state index in [0.29, 0.717) is 12.0 Å². The molecule has 0 aliphatic rings. The van der Waals surface area contributed by atoms with Crippen LogP contribution in [0.4, 0.5) is 13.2 Å². The largest absolute Gasteiger partial charge is 0.507 e. The van der Waals surface area contributed by atoms with Crippen LogP contribution in [0.5, 0.6) is 5.75 Å². The Bertz CT molecular complexity index is 304. The van der Waals surface area contributed by atoms with Gasteiger partial charge in [-0.3, -0.25) is 0 Å². The zero-order chi connectivity index (χ0) is 10.1. The van der Waals surface area contributed by atoms with Crippen molar-refractivity contribution in [1.29, 1.82) is 0 Å². The van der Waals surface area contributed by atoms with E-state index in [1.165, 1.54) is 6.07 Å². The molecule has 72 valence electrons. The molecule has 0 aliphatic heterocycles. The molecular weight excluding hydrogens is 181 g/mol. The Labute approximate surface area is 73.8 Å². The fraction of sp³-hybridized carbons (Fsp3) is 0.333. The highest BCUT2D eigenvalue weighted by Crippen LogP contribution is 2.35. The highest BCUT2D eigenvalue weighted by Gasteiger charge is 2.33. The smallest absolute Gasteiger partial charge is 0.419 e. The molecule has 0 aromatic heterocycles. The van der Waals surface area contributed by atoms with E-state index in [0.717, 1.165) is 12.1 Å². The van der Waals surface area contributed by atoms with Gasteiger partial charge in [-0.15, -0.1) is 0 Å². The second kappa shape index (κ2) is 3.28. The van der Waals surface area contributed by atoms with Crippen LogP contribution in [-0.4, -0.2) is 5.11 Å². The number of benzene rings is 1. The standard InChI is InChI=1S/C9H9F3O/c1-2-6-3-4-7(8(13)5-6)9(10,11)12/h3-5,13H,2H2,1H3. The van der Waals surface area contributed by atoms with Crippen LogP contribution in [0.1, 0.15) is 18.1 Å². The average Bonchev–Trinajstić information content (AvgIpc) is 2.01. The fourth-order valence-corrected chi connectivity index (χ4v) is 1.04. The molecule has 0 radical (unpaired) electrons. The number of aryl methyl sites for hydroxylation is 1. The third-order valence-corrected chi connectivity index (χ3v) is 1.78. The first kappa shape index (κ1) is 9.89. The van der Waals surface area contributed by atoms with Gasteiger partial charge in [0.05, 0.1) is 5.56 Å². The van der Waals surface area contributed by atoms with E-state index in [1.807, 2.05) is 6.92 Å². The molecule has 1 rings (SSSR count). The molecule has 0 atom stereocenters. The van der Waals surface area contributed by atoms with Crippen molar-refractivity contribution in [3.05, 3.63) is 29.3 Å². The fourth-order valence-electron chi connectivity index (χ4n) is 1.04. The second-order valence-corrected chi connectivity index (χ2v) is 2.70. The van der Waals surface area contributed by atoms with E-state index in [-0.39, 0.29) is 0 Å². The monoisotopic (exact) mass is 190 g/mol. The molecule has 1 aromatic carbocycles. The normalized spacial score (nSPS) is 11.7. The van der Waals surface area contributed by atoms with Crippen molar-refractivity contribution in [2.45, 2.75) is 19.5 Å². The Morgan fingerprint density at radius 3 is 2.31 bits per heavy atom. The summed E-state index contributed by atoms with van der Waals surface area (Å²) >= 11 is 0. The predicted octanol–water partition coefficient (Wildman–Crippen LogP) is 2.97. The molecule has 1 aromatic rings. The molecule has 0 saturated heterocycles. The van der Waals surface area contributed by atoms with Gasteiger partial charge in [0.1, 0.15) is 5.75 Å². The number of hydrogen-bond acceptors (Lipinski definition) is 1. The minimum atomic E-state index is -4.48. The summed E-state index contributed by atoms with van der Waals surface area (Å²) in [4.78, 5) is 0. The zero-order valence-electron chi connectivity index (χ0n) is 7.02. The first-order chi connectivity index (χ1) is 5.95. The van der Waals surface area contributed by atoms with Crippen molar-refractivity contribution >= 4 is 0 Å². The summed E-state index contributed by atoms with van der Waals surface area (Å²) in [7, 11) is 0. The summed E-state index contributed by atoms with van der Waals surface area (Å²) in [5.41, 5.74) is -0.296. The van der Waals surface area contributed by atoms with Gasteiger partial charge in [0.15, 0.2) is 0 Å². The summed E-state index contributed by atoms with van der Waals surface area (Å²) in [6.07, 6.45) is -3.87. The molecule has 0 unspecified atom stereocenters. The van der Waals surface area contributed by atoms with Crippen molar-refractivity contribution in [2.75, 3.05) is 0 Å². The second-order valence-electron chi connectivity index (χ2n) is 2.70. The van der Waals surface area contributed by atoms with Crippen molar-refractivity contribution in [1.82, 2.24) is 0 Å². The summed E-state index contributed by atoms with van der Waals surface area (Å²) in [5, 5.41) is 9.04. The van der Waals surface area contributed by atoms with Crippen LogP contribution >= 0.6 is 0 Å². The molecule has 1 N–H and O–H groups in total. The molecule has 0 heterocycles. The molecule has 0 fully saturated rings. The summed E-state index contributed by atoms with van der Waals surface area (Å²) in [6, 6.07) is 3.40. The van der Waals surface area contributed by atoms with E-state index in [9.17, 15) is 13.2 Å². The van der Waals surface area contributed by atoms with E-state index in [4.69, 9.17) is 5.11 Å². The number of aromatic hydroxyl groups is 1. The van der Waals surface area contributed by atoms with Crippen LogP contribution in [-0.2, 0) is 12.6 Å². The lowest BCUT2D eigenvalue weighted by molar-refractivity contribution is -0.138. The minimum absolute atomic E-state index is 0.603. The van der Waals surface area contributed by atoms with Crippen LogP contribution < -0.4 is 0 Å². The number of rotatable bonds is 1. The van der Waals surface area contributed by atoms with Crippen LogP contribution in [0.3, 0.4) is 0 Å². The zero-order valence-corrected chi connectivity index (χ0v) is 7.02. The van der Waals surface area contributed by atoms with Gasteiger partial charge in [0, 0.05) is 0 Å². The SMILES string of the molecule is CCc1ccc(C(F)(F)F)c(O)c1. The molecule has 4 heteroatoms. The van der Waals surface area contributed by atoms with Gasteiger partial charge in [-0.25, -0.2) is 0 Å². The number of alkyl halides is 3. The third-order valence-electron chi connectivity index (χ3n) is 1.78. The Morgan fingerprint density at radius 2 is 1.92 bits per heavy atom. The van der Waals surface area contributed by atoms with Gasteiger partial charge in [-0.1, -0.05) is 13.0 Å². The van der Waals surface area contributed by atoms with E-state index in [2.05, 4.69) is 0 Å². The third kappa shape index (κ3) is 2.14. The quantitative estimate of drug-likeness (QED) is 0.721. The van der Waals surface area contributed by atoms with Crippen LogP contribution in [0.2, 0.25) is 0 Å². The Kier molecular flexibility index (Phi) is 2.50. The predicted molar refractivity (Wildman–Crippen MR) is 42.5 cm³/mol. The molecular formula is C9H9F3O. The van der Waals surface area contributed by atoms with E-state index in [1.54, 1.807) is 0 Å². The van der Waals surface area contributed by atoms with E-state index >= 15 is 0 Å². The Hall–Kier alpha value is -1.19. The van der Waals surface area contributed by atoms with Gasteiger partial charge in [0.2, 0.25) is 0 Å². The number of phenolic OH excluding ortho intramolecular Hbond substituents is 1. The number of phenols is 1. The van der Waals surface area contributed by atoms with Gasteiger partial charge >= 0.3 is 6.18 Å². The molecule has 0 aliphatic carbocycles. The first-order valence-electron chi connectivity index (χ1n) is 3.84. The topological polar surface area (TPSA) is 20.2 Å². The lowest BCUT2D eigenvalue weighted by Gasteiger charge is -2.09. The van der Waals surface area contributed by atoms with Crippen molar-refractivity contribution < 1.29 is 18.3 Å². The van der Waals surface area contributed by atoms with Crippen LogP contribution in [0, 0.1) is 0 Å². The van der Waals surface area contributed by atoms with Crippen molar-refractivity contribution in [2.24, 2.45) is 0 Å². The van der Waals surface area contributed by atoms with Crippen molar-refractivity contribution in [3.63, 3.8) is 0 Å². The molecule has 0 saturated carbocycles. The first-order valence-corrected chi connectivity index (χ1v) is 3.84. The minimum Gasteiger partial charge on any atom is -0.507 e. The summed E-state index contributed by atoms with van der Waals surface area (Å²) < 4.78 is 36.4. The summed E-state index contributed by atoms with van der Waals surface area (Å²) in [5.74, 6) is -0.702. The Morgan fingerprint density at radius 1 is 1.31 bits per heavy atom. The molecule has 0 bridgehead atoms. The maximum Gasteiger partial charge on any atom is 0.419 e. The van der Waals surface area contributed by atoms with Gasteiger partial charge in [-0.2, -0.15) is 13.2 Å². The summed E-state index contributed by atoms with van der Waals surface area (Å²) in [6.45, 7) is 1.81. The number of halogens is 3. The molecule has 13 heavy (non-hydrogen) atoms. The number of hydrogen-bond donors (Lipinski definition) is 1. The maximum atomic E-state index is 12.1. The highest BCUT2D eigenvalue weighted by molar-refractivity contribution is 5.38. The molecule has 1 nitrogen and oxygen atoms in total. The van der Waals surface area contributed by atoms with E-state index < -0.39 is 17.5 Å². The molecule has 0 spiro atoms. The highest BCUT2D eigenvalue weighted by atomic mass is 19.4. The van der Waals surface area contributed by atoms with Gasteiger partial charge in [-0.05, 0) is 24.1 Å². The lowest BCUT2D eigenvalue weighted by atomic mass is 10.1. The maximum absolute atomic E-state index is 12.1. The van der Waals surface area contributed by atoms with Gasteiger partial charge < -0.3 is 5.11 Å². The molecule has 0 amide bonds.